The zero-order valence-corrected chi connectivity index (χ0v) is 12.4. The number of carbonyl (C=O) groups is 2. The summed E-state index contributed by atoms with van der Waals surface area (Å²) in [4.78, 5) is 23.4. The Bertz CT molecular complexity index is 623. The minimum absolute atomic E-state index is 0.175. The van der Waals surface area contributed by atoms with Crippen molar-refractivity contribution >= 4 is 33.4 Å². The lowest BCUT2D eigenvalue weighted by molar-refractivity contribution is -0.136. The van der Waals surface area contributed by atoms with Crippen LogP contribution in [0.5, 0.6) is 0 Å². The molecule has 0 aliphatic rings. The van der Waals surface area contributed by atoms with Crippen molar-refractivity contribution in [3.05, 3.63) is 52.4 Å². The number of anilines is 1. The average molecular weight is 337 g/mol. The van der Waals surface area contributed by atoms with E-state index in [1.165, 1.54) is 6.26 Å². The second kappa shape index (κ2) is 6.38. The van der Waals surface area contributed by atoms with Gasteiger partial charge in [-0.2, -0.15) is 0 Å². The number of amides is 2. The molecule has 2 N–H and O–H groups in total. The van der Waals surface area contributed by atoms with Crippen molar-refractivity contribution < 1.29 is 14.0 Å². The summed E-state index contributed by atoms with van der Waals surface area (Å²) in [6.07, 6.45) is 1.50. The number of nitrogens with one attached hydrogen (secondary N) is 2. The first-order chi connectivity index (χ1) is 9.56. The lowest BCUT2D eigenvalue weighted by Gasteiger charge is -2.08. The van der Waals surface area contributed by atoms with Crippen molar-refractivity contribution in [1.29, 1.82) is 0 Å². The summed E-state index contributed by atoms with van der Waals surface area (Å²) in [5, 5.41) is 5.01. The van der Waals surface area contributed by atoms with Crippen LogP contribution in [-0.2, 0) is 16.1 Å². The minimum Gasteiger partial charge on any atom is -0.467 e. The number of furan rings is 1. The minimum atomic E-state index is -0.721. The molecule has 2 amide bonds. The van der Waals surface area contributed by atoms with Gasteiger partial charge in [-0.1, -0.05) is 6.07 Å². The smallest absolute Gasteiger partial charge is 0.313 e. The van der Waals surface area contributed by atoms with Gasteiger partial charge in [0, 0.05) is 4.47 Å². The fourth-order valence-electron chi connectivity index (χ4n) is 1.56. The molecule has 1 heterocycles. The van der Waals surface area contributed by atoms with Gasteiger partial charge in [-0.25, -0.2) is 0 Å². The van der Waals surface area contributed by atoms with Gasteiger partial charge >= 0.3 is 11.8 Å². The van der Waals surface area contributed by atoms with Crippen LogP contribution in [0.2, 0.25) is 0 Å². The monoisotopic (exact) mass is 336 g/mol. The van der Waals surface area contributed by atoms with Gasteiger partial charge in [0.1, 0.15) is 5.76 Å². The zero-order valence-electron chi connectivity index (χ0n) is 10.8. The maximum Gasteiger partial charge on any atom is 0.313 e. The van der Waals surface area contributed by atoms with E-state index in [-0.39, 0.29) is 6.54 Å². The summed E-state index contributed by atoms with van der Waals surface area (Å²) in [7, 11) is 0. The molecule has 104 valence electrons. The summed E-state index contributed by atoms with van der Waals surface area (Å²) in [5.74, 6) is -0.849. The number of halogens is 1. The van der Waals surface area contributed by atoms with Crippen LogP contribution in [0.3, 0.4) is 0 Å². The van der Waals surface area contributed by atoms with E-state index in [9.17, 15) is 9.59 Å². The zero-order chi connectivity index (χ0) is 14.5. The molecule has 0 spiro atoms. The number of hydrogen-bond donors (Lipinski definition) is 2. The fraction of sp³-hybridized carbons (Fsp3) is 0.143. The first kappa shape index (κ1) is 14.3. The van der Waals surface area contributed by atoms with Crippen molar-refractivity contribution in [2.45, 2.75) is 13.5 Å². The van der Waals surface area contributed by atoms with Gasteiger partial charge in [-0.3, -0.25) is 9.59 Å². The highest BCUT2D eigenvalue weighted by Crippen LogP contribution is 2.23. The molecular formula is C14H13BrN2O3. The van der Waals surface area contributed by atoms with E-state index in [1.807, 2.05) is 19.1 Å². The van der Waals surface area contributed by atoms with Crippen LogP contribution < -0.4 is 10.6 Å². The molecule has 2 aromatic rings. The SMILES string of the molecule is Cc1ccc(NC(=O)C(=O)NCc2ccco2)c(Br)c1. The third kappa shape index (κ3) is 3.71. The van der Waals surface area contributed by atoms with Gasteiger partial charge in [0.05, 0.1) is 18.5 Å². The predicted molar refractivity (Wildman–Crippen MR) is 78.1 cm³/mol. The van der Waals surface area contributed by atoms with Crippen LogP contribution in [-0.4, -0.2) is 11.8 Å². The largest absolute Gasteiger partial charge is 0.467 e. The third-order valence-corrected chi connectivity index (χ3v) is 3.24. The molecule has 0 radical (unpaired) electrons. The topological polar surface area (TPSA) is 71.3 Å². The molecule has 1 aromatic carbocycles. The summed E-state index contributed by atoms with van der Waals surface area (Å²) in [5.41, 5.74) is 1.60. The highest BCUT2D eigenvalue weighted by Gasteiger charge is 2.15. The first-order valence-electron chi connectivity index (χ1n) is 5.94. The van der Waals surface area contributed by atoms with E-state index in [2.05, 4.69) is 26.6 Å². The van der Waals surface area contributed by atoms with Crippen molar-refractivity contribution in [1.82, 2.24) is 5.32 Å². The van der Waals surface area contributed by atoms with Crippen molar-refractivity contribution in [2.75, 3.05) is 5.32 Å². The molecule has 0 unspecified atom stereocenters. The molecule has 0 saturated carbocycles. The van der Waals surface area contributed by atoms with Crippen LogP contribution in [0.15, 0.2) is 45.5 Å². The number of carbonyl (C=O) groups excluding carboxylic acids is 2. The van der Waals surface area contributed by atoms with Gasteiger partial charge in [0.25, 0.3) is 0 Å². The molecule has 0 atom stereocenters. The molecule has 6 heteroatoms. The van der Waals surface area contributed by atoms with E-state index in [4.69, 9.17) is 4.42 Å². The molecule has 2 rings (SSSR count). The van der Waals surface area contributed by atoms with E-state index < -0.39 is 11.8 Å². The third-order valence-electron chi connectivity index (χ3n) is 2.58. The van der Waals surface area contributed by atoms with Gasteiger partial charge in [0.2, 0.25) is 0 Å². The maximum atomic E-state index is 11.7. The lowest BCUT2D eigenvalue weighted by atomic mass is 10.2. The van der Waals surface area contributed by atoms with Crippen LogP contribution >= 0.6 is 15.9 Å². The second-order valence-corrected chi connectivity index (χ2v) is 5.05. The Morgan fingerprint density at radius 3 is 2.70 bits per heavy atom. The summed E-state index contributed by atoms with van der Waals surface area (Å²) in [6.45, 7) is 2.11. The Balaban J connectivity index is 1.92. The molecule has 20 heavy (non-hydrogen) atoms. The molecule has 0 bridgehead atoms. The summed E-state index contributed by atoms with van der Waals surface area (Å²) >= 11 is 3.33. The van der Waals surface area contributed by atoms with Crippen LogP contribution in [0, 0.1) is 6.92 Å². The molecule has 1 aromatic heterocycles. The van der Waals surface area contributed by atoms with Crippen LogP contribution in [0.4, 0.5) is 5.69 Å². The molecule has 0 aliphatic carbocycles. The average Bonchev–Trinajstić information content (AvgIpc) is 2.92. The maximum absolute atomic E-state index is 11.7. The Hall–Kier alpha value is -2.08. The van der Waals surface area contributed by atoms with Crippen LogP contribution in [0.25, 0.3) is 0 Å². The summed E-state index contributed by atoms with van der Waals surface area (Å²) < 4.78 is 5.79. The predicted octanol–water partition coefficient (Wildman–Crippen LogP) is 2.61. The first-order valence-corrected chi connectivity index (χ1v) is 6.73. The number of rotatable bonds is 3. The quantitative estimate of drug-likeness (QED) is 0.846. The van der Waals surface area contributed by atoms with E-state index in [0.29, 0.717) is 11.4 Å². The van der Waals surface area contributed by atoms with Gasteiger partial charge in [-0.15, -0.1) is 0 Å². The fourth-order valence-corrected chi connectivity index (χ4v) is 2.15. The summed E-state index contributed by atoms with van der Waals surface area (Å²) in [6, 6.07) is 8.87. The van der Waals surface area contributed by atoms with Crippen molar-refractivity contribution in [2.24, 2.45) is 0 Å². The highest BCUT2D eigenvalue weighted by atomic mass is 79.9. The Morgan fingerprint density at radius 1 is 1.25 bits per heavy atom. The number of benzene rings is 1. The lowest BCUT2D eigenvalue weighted by Crippen LogP contribution is -2.34. The van der Waals surface area contributed by atoms with E-state index in [0.717, 1.165) is 10.0 Å². The second-order valence-electron chi connectivity index (χ2n) is 4.20. The Kier molecular flexibility index (Phi) is 4.57. The normalized spacial score (nSPS) is 10.1. The number of hydrogen-bond acceptors (Lipinski definition) is 3. The number of aryl methyl sites for hydroxylation is 1. The standard InChI is InChI=1S/C14H13BrN2O3/c1-9-4-5-12(11(15)7-9)17-14(19)13(18)16-8-10-3-2-6-20-10/h2-7H,8H2,1H3,(H,16,18)(H,17,19). The molecule has 0 saturated heterocycles. The molecule has 0 fully saturated rings. The molecule has 5 nitrogen and oxygen atoms in total. The van der Waals surface area contributed by atoms with Gasteiger partial charge in [-0.05, 0) is 52.7 Å². The Morgan fingerprint density at radius 2 is 2.05 bits per heavy atom. The Labute approximate surface area is 124 Å². The molecule has 0 aliphatic heterocycles. The van der Waals surface area contributed by atoms with E-state index in [1.54, 1.807) is 18.2 Å². The van der Waals surface area contributed by atoms with Crippen molar-refractivity contribution in [3.8, 4) is 0 Å². The highest BCUT2D eigenvalue weighted by molar-refractivity contribution is 9.10. The molecular weight excluding hydrogens is 324 g/mol. The van der Waals surface area contributed by atoms with Crippen molar-refractivity contribution in [3.63, 3.8) is 0 Å². The van der Waals surface area contributed by atoms with Gasteiger partial charge in [0.15, 0.2) is 0 Å². The van der Waals surface area contributed by atoms with Crippen LogP contribution in [0.1, 0.15) is 11.3 Å². The van der Waals surface area contributed by atoms with Gasteiger partial charge < -0.3 is 15.1 Å². The van der Waals surface area contributed by atoms with E-state index >= 15 is 0 Å².